The fraction of sp³-hybridized carbons (Fsp3) is 1.00. The van der Waals surface area contributed by atoms with E-state index in [1.807, 2.05) is 12.1 Å². The summed E-state index contributed by atoms with van der Waals surface area (Å²) in [4.78, 5) is 0. The van der Waals surface area contributed by atoms with Gasteiger partial charge in [-0.15, -0.1) is 0 Å². The normalized spacial score (nSPS) is 22.7. The number of nitrogens with zero attached hydrogens (tertiary/aromatic N) is 1. The Morgan fingerprint density at radius 2 is 1.89 bits per heavy atom. The van der Waals surface area contributed by atoms with Crippen LogP contribution in [0.1, 0.15) is 47.5 Å². The van der Waals surface area contributed by atoms with Gasteiger partial charge in [0.2, 0.25) is 0 Å². The van der Waals surface area contributed by atoms with Crippen molar-refractivity contribution in [3.63, 3.8) is 0 Å². The first-order chi connectivity index (χ1) is 8.24. The molecule has 5 heteroatoms. The zero-order chi connectivity index (χ0) is 13.8. The second kappa shape index (κ2) is 6.30. The van der Waals surface area contributed by atoms with Crippen LogP contribution in [0.15, 0.2) is 0 Å². The van der Waals surface area contributed by atoms with Gasteiger partial charge in [0.1, 0.15) is 6.23 Å². The lowest BCUT2D eigenvalue weighted by Gasteiger charge is -2.31. The Kier molecular flexibility index (Phi) is 5.55. The molecule has 1 atom stereocenters. The molecular weight excluding hydrogens is 230 g/mol. The van der Waals surface area contributed by atoms with Gasteiger partial charge in [-0.2, -0.15) is 5.53 Å². The molecule has 0 aromatic heterocycles. The van der Waals surface area contributed by atoms with Crippen molar-refractivity contribution in [3.05, 3.63) is 0 Å². The maximum Gasteiger partial charge on any atom is 0.136 e. The summed E-state index contributed by atoms with van der Waals surface area (Å²) in [7, 11) is 1.98. The number of likely N-dealkylation sites (N-methyl/N-ethyl adjacent to an activating group) is 1. The second-order valence-corrected chi connectivity index (χ2v) is 6.21. The fourth-order valence-corrected chi connectivity index (χ4v) is 1.71. The van der Waals surface area contributed by atoms with Crippen LogP contribution < -0.4 is 11.0 Å². The molecule has 2 N–H and O–H groups in total. The Labute approximate surface area is 111 Å². The third-order valence-electron chi connectivity index (χ3n) is 3.37. The highest BCUT2D eigenvalue weighted by atomic mass is 16.5. The summed E-state index contributed by atoms with van der Waals surface area (Å²) >= 11 is 0. The molecule has 0 bridgehead atoms. The molecule has 1 aliphatic heterocycles. The van der Waals surface area contributed by atoms with Crippen molar-refractivity contribution in [1.29, 1.82) is 0 Å². The first kappa shape index (κ1) is 15.9. The molecule has 108 valence electrons. The zero-order valence-electron chi connectivity index (χ0n) is 12.7. The summed E-state index contributed by atoms with van der Waals surface area (Å²) < 4.78 is 11.9. The maximum atomic E-state index is 6.02. The highest BCUT2D eigenvalue weighted by Crippen LogP contribution is 2.20. The third kappa shape index (κ3) is 5.63. The van der Waals surface area contributed by atoms with E-state index >= 15 is 0 Å². The predicted octanol–water partition coefficient (Wildman–Crippen LogP) is 1.66. The molecule has 1 fully saturated rings. The maximum absolute atomic E-state index is 6.02. The Morgan fingerprint density at radius 3 is 2.39 bits per heavy atom. The van der Waals surface area contributed by atoms with Gasteiger partial charge in [0.15, 0.2) is 0 Å². The summed E-state index contributed by atoms with van der Waals surface area (Å²) in [6.45, 7) is 12.2. The minimum absolute atomic E-state index is 0.0317. The highest BCUT2D eigenvalue weighted by molar-refractivity contribution is 4.74. The molecule has 0 aliphatic carbocycles. The van der Waals surface area contributed by atoms with Gasteiger partial charge in [0.05, 0.1) is 24.4 Å². The predicted molar refractivity (Wildman–Crippen MR) is 72.8 cm³/mol. The summed E-state index contributed by atoms with van der Waals surface area (Å²) in [5.74, 6) is 0. The minimum Gasteiger partial charge on any atom is -0.375 e. The molecule has 18 heavy (non-hydrogen) atoms. The smallest absolute Gasteiger partial charge is 0.136 e. The fourth-order valence-electron chi connectivity index (χ4n) is 1.71. The van der Waals surface area contributed by atoms with Gasteiger partial charge in [0.25, 0.3) is 0 Å². The van der Waals surface area contributed by atoms with Gasteiger partial charge in [-0.25, -0.2) is 10.4 Å². The molecule has 1 unspecified atom stereocenters. The minimum atomic E-state index is -0.186. The molecule has 0 amide bonds. The summed E-state index contributed by atoms with van der Waals surface area (Å²) in [5, 5.41) is 1.97. The SMILES string of the molecule is CCC(C)(C)OCCC(C)(C)OC1CN(C)NN1. The number of rotatable bonds is 7. The lowest BCUT2D eigenvalue weighted by Crippen LogP contribution is -2.41. The number of hydrogen-bond donors (Lipinski definition) is 2. The van der Waals surface area contributed by atoms with E-state index in [4.69, 9.17) is 9.47 Å². The third-order valence-corrected chi connectivity index (χ3v) is 3.37. The number of nitrogens with one attached hydrogen (secondary N) is 2. The topological polar surface area (TPSA) is 45.8 Å². The largest absolute Gasteiger partial charge is 0.375 e. The Hall–Kier alpha value is -0.200. The van der Waals surface area contributed by atoms with E-state index in [9.17, 15) is 0 Å². The Balaban J connectivity index is 2.27. The molecule has 0 aromatic carbocycles. The first-order valence-electron chi connectivity index (χ1n) is 6.78. The van der Waals surface area contributed by atoms with Crippen LogP contribution in [-0.4, -0.2) is 42.6 Å². The lowest BCUT2D eigenvalue weighted by molar-refractivity contribution is -0.105. The number of hydrogen-bond acceptors (Lipinski definition) is 5. The van der Waals surface area contributed by atoms with Crippen LogP contribution in [0.2, 0.25) is 0 Å². The van der Waals surface area contributed by atoms with E-state index in [0.717, 1.165) is 26.0 Å². The molecule has 0 aromatic rings. The van der Waals surface area contributed by atoms with Gasteiger partial charge in [-0.1, -0.05) is 6.92 Å². The number of ether oxygens (including phenoxy) is 2. The average molecular weight is 259 g/mol. The molecule has 0 spiro atoms. The molecule has 1 rings (SSSR count). The molecular formula is C13H29N3O2. The molecule has 1 aliphatic rings. The van der Waals surface area contributed by atoms with Crippen LogP contribution >= 0.6 is 0 Å². The molecule has 5 nitrogen and oxygen atoms in total. The van der Waals surface area contributed by atoms with E-state index < -0.39 is 0 Å². The van der Waals surface area contributed by atoms with Gasteiger partial charge < -0.3 is 9.47 Å². The van der Waals surface area contributed by atoms with Gasteiger partial charge in [0, 0.05) is 7.05 Å². The molecule has 1 heterocycles. The molecule has 1 saturated heterocycles. The van der Waals surface area contributed by atoms with Crippen LogP contribution in [0.4, 0.5) is 0 Å². The monoisotopic (exact) mass is 259 g/mol. The van der Waals surface area contributed by atoms with Crippen molar-refractivity contribution in [3.8, 4) is 0 Å². The van der Waals surface area contributed by atoms with E-state index in [1.54, 1.807) is 0 Å². The highest BCUT2D eigenvalue weighted by Gasteiger charge is 2.28. The van der Waals surface area contributed by atoms with Crippen molar-refractivity contribution in [2.45, 2.75) is 64.9 Å². The standard InChI is InChI=1S/C13H29N3O2/c1-7-12(2,3)17-9-8-13(4,5)18-11-10-16(6)15-14-11/h11,14-15H,7-10H2,1-6H3. The molecule has 0 saturated carbocycles. The first-order valence-corrected chi connectivity index (χ1v) is 6.78. The van der Waals surface area contributed by atoms with Crippen LogP contribution in [0.3, 0.4) is 0 Å². The van der Waals surface area contributed by atoms with Crippen LogP contribution in [0.25, 0.3) is 0 Å². The number of hydrazine groups is 2. The van der Waals surface area contributed by atoms with Gasteiger partial charge >= 0.3 is 0 Å². The Bertz CT molecular complexity index is 257. The van der Waals surface area contributed by atoms with Gasteiger partial charge in [-0.05, 0) is 40.5 Å². The summed E-state index contributed by atoms with van der Waals surface area (Å²) in [5.41, 5.74) is 5.88. The van der Waals surface area contributed by atoms with Crippen molar-refractivity contribution in [1.82, 2.24) is 16.0 Å². The van der Waals surface area contributed by atoms with Crippen LogP contribution in [-0.2, 0) is 9.47 Å². The average Bonchev–Trinajstić information content (AvgIpc) is 2.62. The quantitative estimate of drug-likeness (QED) is 0.728. The van der Waals surface area contributed by atoms with E-state index in [2.05, 4.69) is 45.6 Å². The van der Waals surface area contributed by atoms with Crippen molar-refractivity contribution in [2.75, 3.05) is 20.2 Å². The Morgan fingerprint density at radius 1 is 1.22 bits per heavy atom. The van der Waals surface area contributed by atoms with Crippen molar-refractivity contribution in [2.24, 2.45) is 0 Å². The van der Waals surface area contributed by atoms with Crippen molar-refractivity contribution < 1.29 is 9.47 Å². The van der Waals surface area contributed by atoms with E-state index in [0.29, 0.717) is 0 Å². The van der Waals surface area contributed by atoms with E-state index in [1.165, 1.54) is 0 Å². The summed E-state index contributed by atoms with van der Waals surface area (Å²) in [6, 6.07) is 0. The van der Waals surface area contributed by atoms with Crippen LogP contribution in [0.5, 0.6) is 0 Å². The van der Waals surface area contributed by atoms with E-state index in [-0.39, 0.29) is 17.4 Å². The summed E-state index contributed by atoms with van der Waals surface area (Å²) in [6.07, 6.45) is 1.94. The zero-order valence-corrected chi connectivity index (χ0v) is 12.7. The second-order valence-electron chi connectivity index (χ2n) is 6.21. The molecule has 0 radical (unpaired) electrons. The lowest BCUT2D eigenvalue weighted by atomic mass is 10.0. The van der Waals surface area contributed by atoms with Gasteiger partial charge in [-0.3, -0.25) is 0 Å². The van der Waals surface area contributed by atoms with Crippen molar-refractivity contribution >= 4 is 0 Å². The van der Waals surface area contributed by atoms with Crippen LogP contribution in [0, 0.1) is 0 Å².